The van der Waals surface area contributed by atoms with Crippen LogP contribution in [0.2, 0.25) is 0 Å². The first-order valence-corrected chi connectivity index (χ1v) is 6.92. The van der Waals surface area contributed by atoms with Gasteiger partial charge in [-0.1, -0.05) is 0 Å². The van der Waals surface area contributed by atoms with Crippen molar-refractivity contribution in [2.45, 2.75) is 13.7 Å². The average molecular weight is 321 g/mol. The van der Waals surface area contributed by atoms with Crippen molar-refractivity contribution >= 4 is 34.4 Å². The van der Waals surface area contributed by atoms with Gasteiger partial charge in [-0.15, -0.1) is 0 Å². The molecular weight excluding hydrogens is 306 g/mol. The van der Waals surface area contributed by atoms with E-state index in [2.05, 4.69) is 15.7 Å². The molecule has 0 unspecified atom stereocenters. The molecular formula is C13H15N5O3S. The Morgan fingerprint density at radius 2 is 2.05 bits per heavy atom. The number of ether oxygens (including phenoxy) is 1. The summed E-state index contributed by atoms with van der Waals surface area (Å²) < 4.78 is 6.87. The zero-order valence-corrected chi connectivity index (χ0v) is 12.7. The molecule has 0 amide bonds. The lowest BCUT2D eigenvalue weighted by atomic mass is 10.3. The molecule has 0 atom stereocenters. The van der Waals surface area contributed by atoms with Gasteiger partial charge in [0.25, 0.3) is 5.69 Å². The lowest BCUT2D eigenvalue weighted by molar-refractivity contribution is -0.384. The van der Waals surface area contributed by atoms with E-state index in [1.165, 1.54) is 12.1 Å². The Bertz CT molecular complexity index is 656. The molecule has 0 aliphatic heterocycles. The van der Waals surface area contributed by atoms with Crippen LogP contribution in [0.5, 0.6) is 0 Å². The minimum absolute atomic E-state index is 0.0293. The molecule has 2 rings (SSSR count). The second-order valence-corrected chi connectivity index (χ2v) is 4.68. The van der Waals surface area contributed by atoms with Crippen LogP contribution >= 0.6 is 12.2 Å². The van der Waals surface area contributed by atoms with Crippen LogP contribution in [0.25, 0.3) is 0 Å². The number of rotatable bonds is 6. The summed E-state index contributed by atoms with van der Waals surface area (Å²) in [6.07, 6.45) is 3.39. The number of nitrogens with one attached hydrogen (secondary N) is 2. The van der Waals surface area contributed by atoms with E-state index in [0.29, 0.717) is 24.1 Å². The number of hydrogen-bond acceptors (Lipinski definition) is 5. The molecule has 0 aliphatic carbocycles. The summed E-state index contributed by atoms with van der Waals surface area (Å²) in [7, 11) is 0. The quantitative estimate of drug-likeness (QED) is 0.480. The Morgan fingerprint density at radius 1 is 1.36 bits per heavy atom. The van der Waals surface area contributed by atoms with E-state index in [4.69, 9.17) is 17.0 Å². The van der Waals surface area contributed by atoms with E-state index < -0.39 is 4.92 Å². The summed E-state index contributed by atoms with van der Waals surface area (Å²) in [6.45, 7) is 2.90. The number of nitrogens with zero attached hydrogens (tertiary/aromatic N) is 3. The second kappa shape index (κ2) is 7.48. The van der Waals surface area contributed by atoms with Crippen molar-refractivity contribution < 1.29 is 9.66 Å². The molecule has 0 saturated carbocycles. The standard InChI is InChI=1S/C13H15N5O3S/c1-2-21-9-17-8-11(7-14-17)16-13(22)15-10-3-5-12(6-4-10)18(19)20/h3-8H,2,9H2,1H3,(H2,15,16,22). The van der Waals surface area contributed by atoms with Gasteiger partial charge in [0.05, 0.1) is 23.0 Å². The highest BCUT2D eigenvalue weighted by Gasteiger charge is 2.05. The summed E-state index contributed by atoms with van der Waals surface area (Å²) in [4.78, 5) is 10.1. The Labute approximate surface area is 132 Å². The highest BCUT2D eigenvalue weighted by atomic mass is 32.1. The maximum Gasteiger partial charge on any atom is 0.269 e. The van der Waals surface area contributed by atoms with Crippen molar-refractivity contribution in [3.8, 4) is 0 Å². The smallest absolute Gasteiger partial charge is 0.269 e. The van der Waals surface area contributed by atoms with E-state index in [1.54, 1.807) is 29.2 Å². The van der Waals surface area contributed by atoms with Gasteiger partial charge in [-0.2, -0.15) is 5.10 Å². The summed E-state index contributed by atoms with van der Waals surface area (Å²) in [5, 5.41) is 21.0. The molecule has 1 heterocycles. The fraction of sp³-hybridized carbons (Fsp3) is 0.231. The number of non-ortho nitro benzene ring substituents is 1. The molecule has 2 aromatic rings. The van der Waals surface area contributed by atoms with Crippen LogP contribution in [-0.4, -0.2) is 26.4 Å². The second-order valence-electron chi connectivity index (χ2n) is 4.27. The fourth-order valence-corrected chi connectivity index (χ4v) is 1.88. The number of benzene rings is 1. The van der Waals surface area contributed by atoms with Gasteiger partial charge in [0.1, 0.15) is 6.73 Å². The summed E-state index contributed by atoms with van der Waals surface area (Å²) >= 11 is 5.17. The molecule has 1 aromatic carbocycles. The molecule has 0 spiro atoms. The van der Waals surface area contributed by atoms with E-state index in [-0.39, 0.29) is 5.69 Å². The number of nitro groups is 1. The highest BCUT2D eigenvalue weighted by Crippen LogP contribution is 2.15. The van der Waals surface area contributed by atoms with Crippen LogP contribution < -0.4 is 10.6 Å². The minimum Gasteiger partial charge on any atom is -0.360 e. The van der Waals surface area contributed by atoms with Crippen LogP contribution in [0.4, 0.5) is 17.1 Å². The molecule has 116 valence electrons. The molecule has 2 N–H and O–H groups in total. The lowest BCUT2D eigenvalue weighted by Gasteiger charge is -2.08. The third-order valence-electron chi connectivity index (χ3n) is 2.65. The van der Waals surface area contributed by atoms with Crippen molar-refractivity contribution in [1.82, 2.24) is 9.78 Å². The first-order valence-electron chi connectivity index (χ1n) is 6.51. The van der Waals surface area contributed by atoms with Crippen molar-refractivity contribution in [3.63, 3.8) is 0 Å². The van der Waals surface area contributed by atoms with Gasteiger partial charge in [-0.25, -0.2) is 4.68 Å². The molecule has 8 nitrogen and oxygen atoms in total. The maximum atomic E-state index is 10.6. The number of nitro benzene ring substituents is 1. The van der Waals surface area contributed by atoms with Crippen molar-refractivity contribution in [3.05, 3.63) is 46.8 Å². The van der Waals surface area contributed by atoms with Crippen LogP contribution in [-0.2, 0) is 11.5 Å². The number of aromatic nitrogens is 2. The predicted molar refractivity (Wildman–Crippen MR) is 86.8 cm³/mol. The number of anilines is 2. The Hall–Kier alpha value is -2.52. The average Bonchev–Trinajstić information content (AvgIpc) is 2.93. The van der Waals surface area contributed by atoms with E-state index in [0.717, 1.165) is 5.69 Å². The molecule has 1 aromatic heterocycles. The third kappa shape index (κ3) is 4.50. The minimum atomic E-state index is -0.451. The molecule has 0 bridgehead atoms. The zero-order valence-electron chi connectivity index (χ0n) is 11.9. The van der Waals surface area contributed by atoms with E-state index >= 15 is 0 Å². The van der Waals surface area contributed by atoms with Gasteiger partial charge in [0.15, 0.2) is 5.11 Å². The lowest BCUT2D eigenvalue weighted by Crippen LogP contribution is -2.18. The van der Waals surface area contributed by atoms with Crippen LogP contribution in [0, 0.1) is 10.1 Å². The molecule has 0 saturated heterocycles. The van der Waals surface area contributed by atoms with Gasteiger partial charge in [0.2, 0.25) is 0 Å². The first-order chi connectivity index (χ1) is 10.6. The SMILES string of the molecule is CCOCn1cc(NC(=S)Nc2ccc([N+](=O)[O-])cc2)cn1. The van der Waals surface area contributed by atoms with E-state index in [1.807, 2.05) is 6.92 Å². The zero-order chi connectivity index (χ0) is 15.9. The molecule has 0 fully saturated rings. The van der Waals surface area contributed by atoms with Crippen LogP contribution in [0.1, 0.15) is 6.92 Å². The summed E-state index contributed by atoms with van der Waals surface area (Å²) in [5.41, 5.74) is 1.41. The van der Waals surface area contributed by atoms with E-state index in [9.17, 15) is 10.1 Å². The fourth-order valence-electron chi connectivity index (χ4n) is 1.64. The van der Waals surface area contributed by atoms with Crippen molar-refractivity contribution in [2.24, 2.45) is 0 Å². The van der Waals surface area contributed by atoms with Crippen molar-refractivity contribution in [2.75, 3.05) is 17.2 Å². The Morgan fingerprint density at radius 3 is 2.68 bits per heavy atom. The Balaban J connectivity index is 1.89. The Kier molecular flexibility index (Phi) is 5.39. The van der Waals surface area contributed by atoms with Gasteiger partial charge in [-0.3, -0.25) is 10.1 Å². The van der Waals surface area contributed by atoms with Gasteiger partial charge in [-0.05, 0) is 31.3 Å². The van der Waals surface area contributed by atoms with Crippen LogP contribution in [0.3, 0.4) is 0 Å². The molecule has 9 heteroatoms. The molecule has 0 radical (unpaired) electrons. The molecule has 22 heavy (non-hydrogen) atoms. The third-order valence-corrected chi connectivity index (χ3v) is 2.86. The summed E-state index contributed by atoms with van der Waals surface area (Å²) in [6, 6.07) is 5.99. The predicted octanol–water partition coefficient (Wildman–Crippen LogP) is 2.59. The molecule has 0 aliphatic rings. The van der Waals surface area contributed by atoms with Crippen LogP contribution in [0.15, 0.2) is 36.7 Å². The largest absolute Gasteiger partial charge is 0.360 e. The van der Waals surface area contributed by atoms with Gasteiger partial charge >= 0.3 is 0 Å². The van der Waals surface area contributed by atoms with Gasteiger partial charge in [0, 0.05) is 24.4 Å². The highest BCUT2D eigenvalue weighted by molar-refractivity contribution is 7.80. The number of thiocarbonyl (C=S) groups is 1. The first kappa shape index (κ1) is 15.9. The van der Waals surface area contributed by atoms with Gasteiger partial charge < -0.3 is 15.4 Å². The topological polar surface area (TPSA) is 94.2 Å². The van der Waals surface area contributed by atoms with Crippen molar-refractivity contribution in [1.29, 1.82) is 0 Å². The monoisotopic (exact) mass is 321 g/mol. The number of hydrogen-bond donors (Lipinski definition) is 2. The maximum absolute atomic E-state index is 10.6. The summed E-state index contributed by atoms with van der Waals surface area (Å²) in [5.74, 6) is 0. The normalized spacial score (nSPS) is 10.2.